The van der Waals surface area contributed by atoms with Crippen molar-refractivity contribution in [1.29, 1.82) is 0 Å². The predicted molar refractivity (Wildman–Crippen MR) is 42.9 cm³/mol. The molecule has 0 saturated carbocycles. The lowest BCUT2D eigenvalue weighted by atomic mass is 10.1. The fraction of sp³-hybridized carbons (Fsp3) is 0.875. The van der Waals surface area contributed by atoms with Crippen LogP contribution in [0.1, 0.15) is 19.8 Å². The van der Waals surface area contributed by atoms with Gasteiger partial charge in [-0.05, 0) is 19.9 Å². The topological polar surface area (TPSA) is 40.5 Å². The average Bonchev–Trinajstić information content (AvgIpc) is 2.01. The van der Waals surface area contributed by atoms with E-state index in [0.29, 0.717) is 13.0 Å². The zero-order valence-electron chi connectivity index (χ0n) is 7.46. The smallest absolute Gasteiger partial charge is 0.320 e. The van der Waals surface area contributed by atoms with Gasteiger partial charge in [-0.15, -0.1) is 0 Å². The zero-order valence-corrected chi connectivity index (χ0v) is 7.46. The van der Waals surface area contributed by atoms with Gasteiger partial charge in [0.2, 0.25) is 0 Å². The molecule has 1 atom stereocenters. The van der Waals surface area contributed by atoms with Crippen LogP contribution in [-0.4, -0.2) is 41.0 Å². The molecule has 0 spiro atoms. The Labute approximate surface area is 75.3 Å². The van der Waals surface area contributed by atoms with Gasteiger partial charge in [0.15, 0.2) is 0 Å². The maximum Gasteiger partial charge on any atom is 0.320 e. The number of rotatable bonds is 2. The summed E-state index contributed by atoms with van der Waals surface area (Å²) in [6, 6.07) is -0.814. The number of piperidine rings is 1. The van der Waals surface area contributed by atoms with Crippen LogP contribution in [0.4, 0.5) is 8.78 Å². The number of carboxylic acids is 1. The normalized spacial score (nSPS) is 25.5. The Balaban J connectivity index is 2.56. The number of nitrogens with zero attached hydrogens (tertiary/aromatic N) is 1. The summed E-state index contributed by atoms with van der Waals surface area (Å²) in [5.74, 6) is -3.76. The van der Waals surface area contributed by atoms with E-state index in [1.54, 1.807) is 0 Å². The van der Waals surface area contributed by atoms with Gasteiger partial charge in [0.05, 0.1) is 6.54 Å². The number of carboxylic acid groups (broad SMARTS) is 1. The summed E-state index contributed by atoms with van der Waals surface area (Å²) in [5.41, 5.74) is 0. The van der Waals surface area contributed by atoms with Gasteiger partial charge in [0, 0.05) is 6.42 Å². The first kappa shape index (κ1) is 10.4. The summed E-state index contributed by atoms with van der Waals surface area (Å²) < 4.78 is 25.7. The van der Waals surface area contributed by atoms with Gasteiger partial charge in [-0.2, -0.15) is 0 Å². The second kappa shape index (κ2) is 3.57. The van der Waals surface area contributed by atoms with Crippen LogP contribution < -0.4 is 0 Å². The first-order valence-corrected chi connectivity index (χ1v) is 4.27. The van der Waals surface area contributed by atoms with E-state index in [1.807, 2.05) is 0 Å². The molecule has 0 aromatic rings. The molecule has 1 aliphatic rings. The highest BCUT2D eigenvalue weighted by molar-refractivity contribution is 5.72. The van der Waals surface area contributed by atoms with Gasteiger partial charge < -0.3 is 5.11 Å². The Bertz CT molecular complexity index is 208. The third-order valence-corrected chi connectivity index (χ3v) is 2.33. The van der Waals surface area contributed by atoms with Gasteiger partial charge in [-0.3, -0.25) is 9.69 Å². The number of alkyl halides is 2. The molecule has 1 aliphatic heterocycles. The van der Waals surface area contributed by atoms with Crippen molar-refractivity contribution < 1.29 is 18.7 Å². The van der Waals surface area contributed by atoms with E-state index in [1.165, 1.54) is 11.8 Å². The summed E-state index contributed by atoms with van der Waals surface area (Å²) in [5, 5.41) is 8.62. The summed E-state index contributed by atoms with van der Waals surface area (Å²) in [4.78, 5) is 11.8. The molecule has 0 amide bonds. The Morgan fingerprint density at radius 2 is 2.23 bits per heavy atom. The van der Waals surface area contributed by atoms with Crippen LogP contribution >= 0.6 is 0 Å². The number of likely N-dealkylation sites (tertiary alicyclic amines) is 1. The van der Waals surface area contributed by atoms with E-state index in [4.69, 9.17) is 5.11 Å². The quantitative estimate of drug-likeness (QED) is 0.716. The number of aliphatic carboxylic acids is 1. The maximum absolute atomic E-state index is 12.8. The van der Waals surface area contributed by atoms with E-state index in [0.717, 1.165) is 0 Å². The van der Waals surface area contributed by atoms with Gasteiger partial charge in [0.25, 0.3) is 5.92 Å². The van der Waals surface area contributed by atoms with Crippen LogP contribution in [-0.2, 0) is 4.79 Å². The highest BCUT2D eigenvalue weighted by Crippen LogP contribution is 2.27. The molecule has 0 aromatic heterocycles. The van der Waals surface area contributed by atoms with E-state index >= 15 is 0 Å². The summed E-state index contributed by atoms with van der Waals surface area (Å²) in [6.07, 6.45) is 0.237. The van der Waals surface area contributed by atoms with Crippen molar-refractivity contribution in [3.8, 4) is 0 Å². The first-order valence-electron chi connectivity index (χ1n) is 4.27. The lowest BCUT2D eigenvalue weighted by Crippen LogP contribution is -2.49. The van der Waals surface area contributed by atoms with Crippen molar-refractivity contribution >= 4 is 5.97 Å². The van der Waals surface area contributed by atoms with Crippen LogP contribution in [0.25, 0.3) is 0 Å². The predicted octanol–water partition coefficient (Wildman–Crippen LogP) is 1.19. The van der Waals surface area contributed by atoms with Crippen LogP contribution in [0.3, 0.4) is 0 Å². The maximum atomic E-state index is 12.8. The molecule has 76 valence electrons. The van der Waals surface area contributed by atoms with Crippen LogP contribution in [0, 0.1) is 0 Å². The molecule has 3 nitrogen and oxygen atoms in total. The second-order valence-corrected chi connectivity index (χ2v) is 3.44. The summed E-state index contributed by atoms with van der Waals surface area (Å²) >= 11 is 0. The number of carbonyl (C=O) groups is 1. The van der Waals surface area contributed by atoms with Crippen molar-refractivity contribution in [3.63, 3.8) is 0 Å². The molecular weight excluding hydrogens is 180 g/mol. The zero-order chi connectivity index (χ0) is 10.1. The Morgan fingerprint density at radius 1 is 1.62 bits per heavy atom. The Kier molecular flexibility index (Phi) is 2.85. The molecule has 0 unspecified atom stereocenters. The van der Waals surface area contributed by atoms with Crippen molar-refractivity contribution in [1.82, 2.24) is 4.90 Å². The summed E-state index contributed by atoms with van der Waals surface area (Å²) in [6.45, 7) is 1.45. The van der Waals surface area contributed by atoms with Crippen LogP contribution in [0.15, 0.2) is 0 Å². The monoisotopic (exact) mass is 193 g/mol. The first-order chi connectivity index (χ1) is 5.92. The molecule has 0 aliphatic carbocycles. The molecule has 1 rings (SSSR count). The molecule has 13 heavy (non-hydrogen) atoms. The molecule has 1 saturated heterocycles. The summed E-state index contributed by atoms with van der Waals surface area (Å²) in [7, 11) is 0. The fourth-order valence-electron chi connectivity index (χ4n) is 1.48. The third-order valence-electron chi connectivity index (χ3n) is 2.33. The fourth-order valence-corrected chi connectivity index (χ4v) is 1.48. The SMILES string of the molecule is C[C@H](C(=O)O)N1CCCC(F)(F)C1. The Hall–Kier alpha value is -0.710. The largest absolute Gasteiger partial charge is 0.480 e. The average molecular weight is 193 g/mol. The van der Waals surface area contributed by atoms with E-state index in [9.17, 15) is 13.6 Å². The standard InChI is InChI=1S/C8H13F2NO2/c1-6(7(12)13)11-4-2-3-8(9,10)5-11/h6H,2-5H2,1H3,(H,12,13)/t6-/m1/s1. The van der Waals surface area contributed by atoms with Crippen LogP contribution in [0.2, 0.25) is 0 Å². The minimum Gasteiger partial charge on any atom is -0.480 e. The molecule has 1 fully saturated rings. The van der Waals surface area contributed by atoms with Crippen molar-refractivity contribution in [2.75, 3.05) is 13.1 Å². The molecule has 1 heterocycles. The minimum atomic E-state index is -2.72. The van der Waals surface area contributed by atoms with E-state index < -0.39 is 24.5 Å². The lowest BCUT2D eigenvalue weighted by molar-refractivity contribution is -0.146. The highest BCUT2D eigenvalue weighted by Gasteiger charge is 2.38. The van der Waals surface area contributed by atoms with Crippen molar-refractivity contribution in [2.24, 2.45) is 0 Å². The van der Waals surface area contributed by atoms with Crippen molar-refractivity contribution in [3.05, 3.63) is 0 Å². The molecule has 0 aromatic carbocycles. The van der Waals surface area contributed by atoms with E-state index in [2.05, 4.69) is 0 Å². The second-order valence-electron chi connectivity index (χ2n) is 3.44. The Morgan fingerprint density at radius 3 is 2.69 bits per heavy atom. The number of hydrogen-bond donors (Lipinski definition) is 1. The van der Waals surface area contributed by atoms with Crippen molar-refractivity contribution in [2.45, 2.75) is 31.7 Å². The minimum absolute atomic E-state index is 0.129. The van der Waals surface area contributed by atoms with Gasteiger partial charge in [-0.25, -0.2) is 8.78 Å². The van der Waals surface area contributed by atoms with E-state index in [-0.39, 0.29) is 6.42 Å². The molecule has 1 N–H and O–H groups in total. The number of halogens is 2. The molecule has 0 radical (unpaired) electrons. The molecular formula is C8H13F2NO2. The highest BCUT2D eigenvalue weighted by atomic mass is 19.3. The van der Waals surface area contributed by atoms with Gasteiger partial charge in [0.1, 0.15) is 6.04 Å². The molecule has 0 bridgehead atoms. The van der Waals surface area contributed by atoms with Gasteiger partial charge >= 0.3 is 5.97 Å². The van der Waals surface area contributed by atoms with Crippen LogP contribution in [0.5, 0.6) is 0 Å². The van der Waals surface area contributed by atoms with Gasteiger partial charge in [-0.1, -0.05) is 0 Å². The lowest BCUT2D eigenvalue weighted by Gasteiger charge is -2.34. The number of hydrogen-bond acceptors (Lipinski definition) is 2. The molecule has 5 heteroatoms. The third kappa shape index (κ3) is 2.62.